The van der Waals surface area contributed by atoms with Crippen molar-refractivity contribution in [3.05, 3.63) is 35.4 Å². The molecule has 0 bridgehead atoms. The van der Waals surface area contributed by atoms with Gasteiger partial charge in [-0.2, -0.15) is 0 Å². The van der Waals surface area contributed by atoms with E-state index in [2.05, 4.69) is 19.2 Å². The minimum atomic E-state index is -0.454. The number of unbranched alkanes of at least 4 members (excludes halogenated alkanes) is 1. The van der Waals surface area contributed by atoms with Crippen LogP contribution < -0.4 is 5.32 Å². The van der Waals surface area contributed by atoms with E-state index >= 15 is 0 Å². The molecule has 1 N–H and O–H groups in total. The quantitative estimate of drug-likeness (QED) is 0.759. The summed E-state index contributed by atoms with van der Waals surface area (Å²) in [6, 6.07) is 3.82. The molecule has 0 saturated carbocycles. The molecule has 0 heterocycles. The molecule has 0 fully saturated rings. The fraction of sp³-hybridized carbons (Fsp3) is 0.600. The summed E-state index contributed by atoms with van der Waals surface area (Å²) >= 11 is 0. The summed E-state index contributed by atoms with van der Waals surface area (Å²) in [4.78, 5) is 0. The van der Waals surface area contributed by atoms with Gasteiger partial charge in [0.2, 0.25) is 0 Å². The third kappa shape index (κ3) is 3.52. The standard InChI is InChI=1S/C15H23F2N/c1-4-6-8-11(5-2)15(18-3)14-12(16)9-7-10-13(14)17/h7,9-11,15,18H,4-6,8H2,1-3H3. The zero-order valence-corrected chi connectivity index (χ0v) is 11.5. The fourth-order valence-corrected chi connectivity index (χ4v) is 2.50. The molecule has 1 aromatic rings. The molecule has 18 heavy (non-hydrogen) atoms. The van der Waals surface area contributed by atoms with Crippen molar-refractivity contribution in [2.24, 2.45) is 5.92 Å². The third-order valence-corrected chi connectivity index (χ3v) is 3.55. The Morgan fingerprint density at radius 2 is 1.78 bits per heavy atom. The van der Waals surface area contributed by atoms with Crippen molar-refractivity contribution in [3.63, 3.8) is 0 Å². The molecule has 1 rings (SSSR count). The summed E-state index contributed by atoms with van der Waals surface area (Å²) in [5.74, 6) is -0.644. The van der Waals surface area contributed by atoms with Crippen LogP contribution in [0.4, 0.5) is 8.78 Å². The molecule has 0 aliphatic carbocycles. The zero-order valence-electron chi connectivity index (χ0n) is 11.5. The van der Waals surface area contributed by atoms with Gasteiger partial charge in [0.05, 0.1) is 0 Å². The van der Waals surface area contributed by atoms with E-state index in [1.807, 2.05) is 0 Å². The Morgan fingerprint density at radius 3 is 2.22 bits per heavy atom. The van der Waals surface area contributed by atoms with Gasteiger partial charge in [-0.25, -0.2) is 8.78 Å². The summed E-state index contributed by atoms with van der Waals surface area (Å²) in [7, 11) is 1.77. The highest BCUT2D eigenvalue weighted by Crippen LogP contribution is 2.31. The topological polar surface area (TPSA) is 12.0 Å². The van der Waals surface area contributed by atoms with E-state index in [0.29, 0.717) is 0 Å². The molecule has 0 saturated heterocycles. The molecule has 0 radical (unpaired) electrons. The van der Waals surface area contributed by atoms with Crippen LogP contribution in [0.3, 0.4) is 0 Å². The molecule has 0 aliphatic rings. The zero-order chi connectivity index (χ0) is 13.5. The Labute approximate surface area is 109 Å². The molecule has 0 aromatic heterocycles. The summed E-state index contributed by atoms with van der Waals surface area (Å²) < 4.78 is 27.7. The van der Waals surface area contributed by atoms with Crippen molar-refractivity contribution in [3.8, 4) is 0 Å². The Bertz CT molecular complexity index is 345. The number of hydrogen-bond donors (Lipinski definition) is 1. The number of nitrogens with one attached hydrogen (secondary N) is 1. The highest BCUT2D eigenvalue weighted by molar-refractivity contribution is 5.24. The predicted octanol–water partition coefficient (Wildman–Crippen LogP) is 4.44. The van der Waals surface area contributed by atoms with Gasteiger partial charge in [0.15, 0.2) is 0 Å². The molecular formula is C15H23F2N. The minimum Gasteiger partial charge on any atom is -0.313 e. The van der Waals surface area contributed by atoms with Crippen LogP contribution >= 0.6 is 0 Å². The van der Waals surface area contributed by atoms with Crippen molar-refractivity contribution in [1.29, 1.82) is 0 Å². The van der Waals surface area contributed by atoms with Crippen LogP contribution in [0.15, 0.2) is 18.2 Å². The van der Waals surface area contributed by atoms with Gasteiger partial charge in [-0.15, -0.1) is 0 Å². The smallest absolute Gasteiger partial charge is 0.130 e. The van der Waals surface area contributed by atoms with Gasteiger partial charge in [-0.3, -0.25) is 0 Å². The minimum absolute atomic E-state index is 0.183. The average molecular weight is 255 g/mol. The van der Waals surface area contributed by atoms with Crippen LogP contribution in [0.2, 0.25) is 0 Å². The van der Waals surface area contributed by atoms with E-state index in [9.17, 15) is 8.78 Å². The highest BCUT2D eigenvalue weighted by Gasteiger charge is 2.25. The lowest BCUT2D eigenvalue weighted by Gasteiger charge is -2.27. The average Bonchev–Trinajstić information content (AvgIpc) is 2.36. The molecule has 102 valence electrons. The Kier molecular flexibility index (Phi) is 6.27. The van der Waals surface area contributed by atoms with Crippen molar-refractivity contribution in [1.82, 2.24) is 5.32 Å². The van der Waals surface area contributed by atoms with E-state index in [4.69, 9.17) is 0 Å². The van der Waals surface area contributed by atoms with Crippen molar-refractivity contribution in [2.45, 2.75) is 45.6 Å². The van der Waals surface area contributed by atoms with Crippen LogP contribution in [-0.4, -0.2) is 7.05 Å². The van der Waals surface area contributed by atoms with Crippen LogP contribution in [0.5, 0.6) is 0 Å². The second kappa shape index (κ2) is 7.47. The van der Waals surface area contributed by atoms with Gasteiger partial charge < -0.3 is 5.32 Å². The van der Waals surface area contributed by atoms with E-state index in [1.165, 1.54) is 18.2 Å². The molecule has 3 heteroatoms. The van der Waals surface area contributed by atoms with E-state index < -0.39 is 11.6 Å². The van der Waals surface area contributed by atoms with Gasteiger partial charge in [-0.05, 0) is 31.5 Å². The summed E-state index contributed by atoms with van der Waals surface area (Å²) in [5.41, 5.74) is 0.183. The van der Waals surface area contributed by atoms with Crippen LogP contribution in [-0.2, 0) is 0 Å². The maximum atomic E-state index is 13.8. The Morgan fingerprint density at radius 1 is 1.17 bits per heavy atom. The molecule has 2 unspecified atom stereocenters. The molecule has 1 aromatic carbocycles. The summed E-state index contributed by atoms with van der Waals surface area (Å²) in [6.07, 6.45) is 4.10. The van der Waals surface area contributed by atoms with Gasteiger partial charge in [-0.1, -0.05) is 39.2 Å². The summed E-state index contributed by atoms with van der Waals surface area (Å²) in [6.45, 7) is 4.20. The van der Waals surface area contributed by atoms with Gasteiger partial charge >= 0.3 is 0 Å². The maximum absolute atomic E-state index is 13.8. The van der Waals surface area contributed by atoms with Gasteiger partial charge in [0.25, 0.3) is 0 Å². The lowest BCUT2D eigenvalue weighted by Crippen LogP contribution is -2.27. The van der Waals surface area contributed by atoms with Crippen molar-refractivity contribution < 1.29 is 8.78 Å². The first-order chi connectivity index (χ1) is 8.65. The van der Waals surface area contributed by atoms with E-state index in [1.54, 1.807) is 7.05 Å². The fourth-order valence-electron chi connectivity index (χ4n) is 2.50. The van der Waals surface area contributed by atoms with E-state index in [0.717, 1.165) is 25.7 Å². The molecular weight excluding hydrogens is 232 g/mol. The van der Waals surface area contributed by atoms with Crippen LogP contribution in [0, 0.1) is 17.6 Å². The number of rotatable bonds is 7. The predicted molar refractivity (Wildman–Crippen MR) is 71.5 cm³/mol. The third-order valence-electron chi connectivity index (χ3n) is 3.55. The second-order valence-electron chi connectivity index (χ2n) is 4.71. The summed E-state index contributed by atoms with van der Waals surface area (Å²) in [5, 5.41) is 3.08. The van der Waals surface area contributed by atoms with Crippen LogP contribution in [0.25, 0.3) is 0 Å². The molecule has 1 nitrogen and oxygen atoms in total. The monoisotopic (exact) mass is 255 g/mol. The number of benzene rings is 1. The van der Waals surface area contributed by atoms with Gasteiger partial charge in [0.1, 0.15) is 11.6 Å². The number of halogens is 2. The second-order valence-corrected chi connectivity index (χ2v) is 4.71. The number of hydrogen-bond acceptors (Lipinski definition) is 1. The molecule has 0 amide bonds. The van der Waals surface area contributed by atoms with E-state index in [-0.39, 0.29) is 17.5 Å². The lowest BCUT2D eigenvalue weighted by atomic mass is 9.86. The normalized spacial score (nSPS) is 14.5. The molecule has 0 aliphatic heterocycles. The SMILES string of the molecule is CCCCC(CC)C(NC)c1c(F)cccc1F. The highest BCUT2D eigenvalue weighted by atomic mass is 19.1. The Hall–Kier alpha value is -0.960. The van der Waals surface area contributed by atoms with Crippen molar-refractivity contribution >= 4 is 0 Å². The van der Waals surface area contributed by atoms with Crippen LogP contribution in [0.1, 0.15) is 51.1 Å². The molecule has 2 atom stereocenters. The first-order valence-electron chi connectivity index (χ1n) is 6.76. The first kappa shape index (κ1) is 15.1. The maximum Gasteiger partial charge on any atom is 0.130 e. The van der Waals surface area contributed by atoms with Crippen molar-refractivity contribution in [2.75, 3.05) is 7.05 Å². The van der Waals surface area contributed by atoms with Gasteiger partial charge in [0, 0.05) is 11.6 Å². The lowest BCUT2D eigenvalue weighted by molar-refractivity contribution is 0.322. The largest absolute Gasteiger partial charge is 0.313 e. The first-order valence-corrected chi connectivity index (χ1v) is 6.76. The Balaban J connectivity index is 2.99. The molecule has 0 spiro atoms.